The van der Waals surface area contributed by atoms with Crippen molar-refractivity contribution in [2.45, 2.75) is 44.9 Å². The number of ether oxygens (including phenoxy) is 1. The standard InChI is InChI=1S/C30H29ClFNO3/c1-30(2,3)36-22-13-11-19(12-14-22)17-27(28(34)20-7-6-8-21(31)18-20)33-29(35)25-15-16-26(32)24-10-5-4-9-23(24)25/h4-16,18,27-28,34H,17H2,1-3H3,(H,33,35). The molecule has 0 heterocycles. The molecule has 4 aromatic carbocycles. The molecule has 1 amide bonds. The fourth-order valence-corrected chi connectivity index (χ4v) is 4.37. The van der Waals surface area contributed by atoms with E-state index >= 15 is 0 Å². The highest BCUT2D eigenvalue weighted by atomic mass is 35.5. The van der Waals surface area contributed by atoms with Gasteiger partial charge in [-0.05, 0) is 80.1 Å². The van der Waals surface area contributed by atoms with Crippen LogP contribution < -0.4 is 10.1 Å². The van der Waals surface area contributed by atoms with E-state index in [0.29, 0.717) is 33.3 Å². The Morgan fingerprint density at radius 3 is 2.33 bits per heavy atom. The minimum absolute atomic E-state index is 0.321. The number of carbonyl (C=O) groups is 1. The topological polar surface area (TPSA) is 58.6 Å². The third kappa shape index (κ3) is 6.23. The average molecular weight is 506 g/mol. The summed E-state index contributed by atoms with van der Waals surface area (Å²) in [5, 5.41) is 15.6. The number of fused-ring (bicyclic) bond motifs is 1. The van der Waals surface area contributed by atoms with Gasteiger partial charge >= 0.3 is 0 Å². The predicted molar refractivity (Wildman–Crippen MR) is 142 cm³/mol. The molecule has 0 radical (unpaired) electrons. The molecular weight excluding hydrogens is 477 g/mol. The van der Waals surface area contributed by atoms with E-state index < -0.39 is 23.9 Å². The van der Waals surface area contributed by atoms with Gasteiger partial charge in [-0.25, -0.2) is 4.39 Å². The van der Waals surface area contributed by atoms with Gasteiger partial charge in [0.25, 0.3) is 5.91 Å². The van der Waals surface area contributed by atoms with Crippen molar-refractivity contribution in [3.05, 3.63) is 112 Å². The lowest BCUT2D eigenvalue weighted by Gasteiger charge is -2.26. The second-order valence-corrected chi connectivity index (χ2v) is 10.2. The summed E-state index contributed by atoms with van der Waals surface area (Å²) in [7, 11) is 0. The molecule has 186 valence electrons. The van der Waals surface area contributed by atoms with E-state index in [4.69, 9.17) is 16.3 Å². The Labute approximate surface area is 215 Å². The van der Waals surface area contributed by atoms with Gasteiger partial charge in [-0.1, -0.05) is 60.1 Å². The zero-order chi connectivity index (χ0) is 25.9. The molecule has 4 rings (SSSR count). The highest BCUT2D eigenvalue weighted by Crippen LogP contribution is 2.26. The Balaban J connectivity index is 1.63. The monoisotopic (exact) mass is 505 g/mol. The van der Waals surface area contributed by atoms with Gasteiger partial charge in [0.1, 0.15) is 17.2 Å². The summed E-state index contributed by atoms with van der Waals surface area (Å²) in [6.07, 6.45) is -0.668. The lowest BCUT2D eigenvalue weighted by Crippen LogP contribution is -2.41. The van der Waals surface area contributed by atoms with Crippen molar-refractivity contribution in [1.29, 1.82) is 0 Å². The van der Waals surface area contributed by atoms with Crippen LogP contribution in [0.25, 0.3) is 10.8 Å². The summed E-state index contributed by atoms with van der Waals surface area (Å²) in [6, 6.07) is 23.4. The minimum atomic E-state index is -1.02. The van der Waals surface area contributed by atoms with Gasteiger partial charge in [0.15, 0.2) is 0 Å². The molecule has 0 aliphatic carbocycles. The van der Waals surface area contributed by atoms with Crippen LogP contribution in [0.3, 0.4) is 0 Å². The van der Waals surface area contributed by atoms with Gasteiger partial charge in [0, 0.05) is 16.0 Å². The van der Waals surface area contributed by atoms with Crippen molar-refractivity contribution in [2.75, 3.05) is 0 Å². The second kappa shape index (κ2) is 10.7. The Bertz CT molecular complexity index is 1360. The van der Waals surface area contributed by atoms with Crippen molar-refractivity contribution in [1.82, 2.24) is 5.32 Å². The molecule has 2 unspecified atom stereocenters. The fourth-order valence-electron chi connectivity index (χ4n) is 4.17. The first kappa shape index (κ1) is 25.7. The summed E-state index contributed by atoms with van der Waals surface area (Å²) in [4.78, 5) is 13.4. The van der Waals surface area contributed by atoms with Crippen LogP contribution in [0.4, 0.5) is 4.39 Å². The van der Waals surface area contributed by atoms with Gasteiger partial charge in [-0.3, -0.25) is 4.79 Å². The van der Waals surface area contributed by atoms with E-state index in [9.17, 15) is 14.3 Å². The molecule has 4 aromatic rings. The molecule has 0 saturated heterocycles. The van der Waals surface area contributed by atoms with E-state index in [-0.39, 0.29) is 5.60 Å². The molecule has 0 aliphatic rings. The van der Waals surface area contributed by atoms with E-state index in [1.807, 2.05) is 45.0 Å². The van der Waals surface area contributed by atoms with Crippen LogP contribution in [0.1, 0.15) is 48.4 Å². The van der Waals surface area contributed by atoms with Crippen molar-refractivity contribution in [3.8, 4) is 5.75 Å². The predicted octanol–water partition coefficient (Wildman–Crippen LogP) is 6.88. The maximum Gasteiger partial charge on any atom is 0.252 e. The highest BCUT2D eigenvalue weighted by molar-refractivity contribution is 6.30. The van der Waals surface area contributed by atoms with E-state index in [1.165, 1.54) is 12.1 Å². The molecular formula is C30H29ClFNO3. The summed E-state index contributed by atoms with van der Waals surface area (Å²) in [6.45, 7) is 5.94. The zero-order valence-electron chi connectivity index (χ0n) is 20.5. The number of hydrogen-bond acceptors (Lipinski definition) is 3. The van der Waals surface area contributed by atoms with Crippen LogP contribution in [0, 0.1) is 5.82 Å². The number of aliphatic hydroxyl groups excluding tert-OH is 1. The first-order valence-corrected chi connectivity index (χ1v) is 12.2. The van der Waals surface area contributed by atoms with E-state index in [0.717, 1.165) is 11.3 Å². The molecule has 0 bridgehead atoms. The number of benzene rings is 4. The van der Waals surface area contributed by atoms with Crippen molar-refractivity contribution in [3.63, 3.8) is 0 Å². The summed E-state index contributed by atoms with van der Waals surface area (Å²) < 4.78 is 20.2. The van der Waals surface area contributed by atoms with Crippen LogP contribution in [0.2, 0.25) is 5.02 Å². The van der Waals surface area contributed by atoms with Gasteiger partial charge < -0.3 is 15.2 Å². The molecule has 6 heteroatoms. The number of carbonyl (C=O) groups excluding carboxylic acids is 1. The zero-order valence-corrected chi connectivity index (χ0v) is 21.2. The Hall–Kier alpha value is -3.41. The molecule has 2 atom stereocenters. The van der Waals surface area contributed by atoms with Gasteiger partial charge in [-0.15, -0.1) is 0 Å². The molecule has 0 fully saturated rings. The molecule has 0 aliphatic heterocycles. The largest absolute Gasteiger partial charge is 0.488 e. The van der Waals surface area contributed by atoms with Crippen LogP contribution in [0.15, 0.2) is 84.9 Å². The first-order chi connectivity index (χ1) is 17.1. The Morgan fingerprint density at radius 1 is 0.972 bits per heavy atom. The maximum absolute atomic E-state index is 14.3. The van der Waals surface area contributed by atoms with Crippen LogP contribution in [-0.4, -0.2) is 22.7 Å². The van der Waals surface area contributed by atoms with Crippen LogP contribution >= 0.6 is 11.6 Å². The normalized spacial score (nSPS) is 13.3. The Morgan fingerprint density at radius 2 is 1.67 bits per heavy atom. The number of halogens is 2. The Kier molecular flexibility index (Phi) is 7.62. The van der Waals surface area contributed by atoms with Crippen molar-refractivity contribution in [2.24, 2.45) is 0 Å². The number of rotatable bonds is 7. The smallest absolute Gasteiger partial charge is 0.252 e. The number of aliphatic hydroxyl groups is 1. The lowest BCUT2D eigenvalue weighted by atomic mass is 9.95. The van der Waals surface area contributed by atoms with E-state index in [1.54, 1.807) is 48.5 Å². The first-order valence-electron chi connectivity index (χ1n) is 11.8. The molecule has 0 spiro atoms. The highest BCUT2D eigenvalue weighted by Gasteiger charge is 2.25. The van der Waals surface area contributed by atoms with Gasteiger partial charge in [0.2, 0.25) is 0 Å². The second-order valence-electron chi connectivity index (χ2n) is 9.78. The molecule has 36 heavy (non-hydrogen) atoms. The number of amides is 1. The molecule has 2 N–H and O–H groups in total. The molecule has 0 saturated carbocycles. The third-order valence-corrected chi connectivity index (χ3v) is 6.04. The molecule has 4 nitrogen and oxygen atoms in total. The molecule has 0 aromatic heterocycles. The minimum Gasteiger partial charge on any atom is -0.488 e. The summed E-state index contributed by atoms with van der Waals surface area (Å²) in [5.74, 6) is -0.0554. The lowest BCUT2D eigenvalue weighted by molar-refractivity contribution is 0.0833. The average Bonchev–Trinajstić information content (AvgIpc) is 2.84. The number of hydrogen-bond donors (Lipinski definition) is 2. The van der Waals surface area contributed by atoms with E-state index in [2.05, 4.69) is 5.32 Å². The van der Waals surface area contributed by atoms with Crippen LogP contribution in [0.5, 0.6) is 5.75 Å². The quantitative estimate of drug-likeness (QED) is 0.287. The summed E-state index contributed by atoms with van der Waals surface area (Å²) in [5.41, 5.74) is 1.51. The van der Waals surface area contributed by atoms with Crippen molar-refractivity contribution < 1.29 is 19.0 Å². The maximum atomic E-state index is 14.3. The van der Waals surface area contributed by atoms with Gasteiger partial charge in [-0.2, -0.15) is 0 Å². The SMILES string of the molecule is CC(C)(C)Oc1ccc(CC(NC(=O)c2ccc(F)c3ccccc23)C(O)c2cccc(Cl)c2)cc1. The fraction of sp³-hybridized carbons (Fsp3) is 0.233. The van der Waals surface area contributed by atoms with Crippen molar-refractivity contribution >= 4 is 28.3 Å². The number of nitrogens with one attached hydrogen (secondary N) is 1. The third-order valence-electron chi connectivity index (χ3n) is 5.81. The van der Waals surface area contributed by atoms with Crippen LogP contribution in [-0.2, 0) is 6.42 Å². The van der Waals surface area contributed by atoms with Gasteiger partial charge in [0.05, 0.1) is 12.1 Å². The summed E-state index contributed by atoms with van der Waals surface area (Å²) >= 11 is 6.16.